The second kappa shape index (κ2) is 10.3. The van der Waals surface area contributed by atoms with E-state index in [-0.39, 0.29) is 19.5 Å². The fraction of sp³-hybridized carbons (Fsp3) is 0.519. The lowest BCUT2D eigenvalue weighted by Crippen LogP contribution is -2.44. The van der Waals surface area contributed by atoms with Crippen LogP contribution in [0.2, 0.25) is 0 Å². The molecule has 0 radical (unpaired) electrons. The summed E-state index contributed by atoms with van der Waals surface area (Å²) < 4.78 is 39.9. The molecule has 0 spiro atoms. The molecule has 3 aliphatic rings. The van der Waals surface area contributed by atoms with E-state index in [0.717, 1.165) is 11.1 Å². The number of nitrogens with zero attached hydrogens (tertiary/aromatic N) is 1. The van der Waals surface area contributed by atoms with Crippen molar-refractivity contribution >= 4 is 5.97 Å². The van der Waals surface area contributed by atoms with E-state index in [1.54, 1.807) is 13.2 Å². The third kappa shape index (κ3) is 4.43. The number of carbonyl (C=O) groups is 1. The fourth-order valence-corrected chi connectivity index (χ4v) is 5.43. The first-order valence-electron chi connectivity index (χ1n) is 12.4. The van der Waals surface area contributed by atoms with Gasteiger partial charge < -0.3 is 38.3 Å². The summed E-state index contributed by atoms with van der Waals surface area (Å²) in [5, 5.41) is 10.9. The Morgan fingerprint density at radius 3 is 2.59 bits per heavy atom. The first kappa shape index (κ1) is 25.4. The van der Waals surface area contributed by atoms with Crippen molar-refractivity contribution in [3.63, 3.8) is 0 Å². The molecular weight excluding hydrogens is 482 g/mol. The highest BCUT2D eigenvalue weighted by Crippen LogP contribution is 2.55. The van der Waals surface area contributed by atoms with Crippen molar-refractivity contribution in [3.8, 4) is 28.7 Å². The summed E-state index contributed by atoms with van der Waals surface area (Å²) in [6.45, 7) is 5.08. The molecule has 0 saturated heterocycles. The lowest BCUT2D eigenvalue weighted by atomic mass is 9.85. The number of aliphatic hydroxyl groups excluding tert-OH is 1. The van der Waals surface area contributed by atoms with Gasteiger partial charge in [0.05, 0.1) is 46.2 Å². The number of benzene rings is 2. The van der Waals surface area contributed by atoms with E-state index in [0.29, 0.717) is 59.4 Å². The molecule has 10 nitrogen and oxygen atoms in total. The van der Waals surface area contributed by atoms with Gasteiger partial charge >= 0.3 is 5.97 Å². The maximum Gasteiger partial charge on any atom is 0.343 e. The Morgan fingerprint density at radius 1 is 1.11 bits per heavy atom. The van der Waals surface area contributed by atoms with E-state index >= 15 is 0 Å². The average molecular weight is 516 g/mol. The molecule has 1 unspecified atom stereocenters. The molecule has 2 aromatic carbocycles. The molecule has 3 aliphatic heterocycles. The third-order valence-corrected chi connectivity index (χ3v) is 6.98. The van der Waals surface area contributed by atoms with E-state index < -0.39 is 24.2 Å². The number of aliphatic hydroxyl groups is 1. The van der Waals surface area contributed by atoms with Gasteiger partial charge in [-0.3, -0.25) is 4.90 Å². The van der Waals surface area contributed by atoms with Crippen molar-refractivity contribution < 1.29 is 43.1 Å². The predicted molar refractivity (Wildman–Crippen MR) is 132 cm³/mol. The molecule has 1 N–H and O–H groups in total. The van der Waals surface area contributed by atoms with Gasteiger partial charge in [-0.05, 0) is 38.0 Å². The number of carbonyl (C=O) groups excluding carboxylic acids is 1. The minimum atomic E-state index is -0.742. The van der Waals surface area contributed by atoms with Crippen molar-refractivity contribution in [2.45, 2.75) is 44.6 Å². The lowest BCUT2D eigenvalue weighted by molar-refractivity contribution is -0.0363. The van der Waals surface area contributed by atoms with Gasteiger partial charge in [0.15, 0.2) is 23.0 Å². The van der Waals surface area contributed by atoms with E-state index in [4.69, 9.17) is 33.2 Å². The molecule has 5 rings (SSSR count). The van der Waals surface area contributed by atoms with Crippen LogP contribution in [0.1, 0.15) is 53.0 Å². The van der Waals surface area contributed by atoms with Crippen molar-refractivity contribution in [1.82, 2.24) is 4.90 Å². The lowest BCUT2D eigenvalue weighted by Gasteiger charge is -2.41. The Labute approximate surface area is 215 Å². The molecule has 0 aliphatic carbocycles. The number of hydrogen-bond acceptors (Lipinski definition) is 10. The third-order valence-electron chi connectivity index (χ3n) is 6.98. The summed E-state index contributed by atoms with van der Waals surface area (Å²) >= 11 is 0. The highest BCUT2D eigenvalue weighted by atomic mass is 16.7. The maximum atomic E-state index is 13.2. The van der Waals surface area contributed by atoms with Crippen LogP contribution in [0.25, 0.3) is 0 Å². The first-order valence-corrected chi connectivity index (χ1v) is 12.4. The van der Waals surface area contributed by atoms with E-state index in [1.165, 1.54) is 14.2 Å². The maximum absolute atomic E-state index is 13.2. The normalized spacial score (nSPS) is 20.9. The zero-order valence-corrected chi connectivity index (χ0v) is 21.7. The number of ether oxygens (including phenoxy) is 7. The Morgan fingerprint density at radius 2 is 1.89 bits per heavy atom. The minimum absolute atomic E-state index is 0.00234. The van der Waals surface area contributed by atoms with Gasteiger partial charge in [0.2, 0.25) is 12.5 Å². The quantitative estimate of drug-likeness (QED) is 0.501. The van der Waals surface area contributed by atoms with Gasteiger partial charge in [-0.15, -0.1) is 0 Å². The summed E-state index contributed by atoms with van der Waals surface area (Å²) in [7, 11) is 4.60. The summed E-state index contributed by atoms with van der Waals surface area (Å²) in [4.78, 5) is 15.3. The summed E-state index contributed by atoms with van der Waals surface area (Å²) in [5.74, 6) is 1.97. The van der Waals surface area contributed by atoms with Crippen molar-refractivity contribution in [2.24, 2.45) is 0 Å². The van der Waals surface area contributed by atoms with Crippen LogP contribution in [-0.2, 0) is 15.9 Å². The Balaban J connectivity index is 1.62. The van der Waals surface area contributed by atoms with Crippen LogP contribution in [0.4, 0.5) is 0 Å². The van der Waals surface area contributed by atoms with Crippen LogP contribution in [0, 0.1) is 0 Å². The highest BCUT2D eigenvalue weighted by Gasteiger charge is 2.47. The van der Waals surface area contributed by atoms with Crippen molar-refractivity contribution in [1.29, 1.82) is 0 Å². The molecule has 2 aromatic rings. The van der Waals surface area contributed by atoms with Gasteiger partial charge in [0.1, 0.15) is 11.7 Å². The molecule has 37 heavy (non-hydrogen) atoms. The number of β-amino-alcohol motifs (C(OH)–C–C–N with tert-alkyl or cyclic N) is 1. The van der Waals surface area contributed by atoms with Crippen LogP contribution < -0.4 is 23.7 Å². The Kier molecular flexibility index (Phi) is 7.06. The molecular formula is C27H33NO9. The number of esters is 1. The zero-order chi connectivity index (χ0) is 26.3. The molecule has 0 bridgehead atoms. The Bertz CT molecular complexity index is 1180. The molecule has 0 fully saturated rings. The SMILES string of the molecule is COc1ccc2c(c1OC)C(=O)O[C@@H]2[C@H]1c2c(cc3c(c2OC)OCO3)CCN1CC(O)COC(C)C. The largest absolute Gasteiger partial charge is 0.493 e. The van der Waals surface area contributed by atoms with Crippen molar-refractivity contribution in [2.75, 3.05) is 47.8 Å². The van der Waals surface area contributed by atoms with Crippen LogP contribution >= 0.6 is 0 Å². The van der Waals surface area contributed by atoms with E-state index in [2.05, 4.69) is 4.90 Å². The summed E-state index contributed by atoms with van der Waals surface area (Å²) in [5.41, 5.74) is 2.87. The number of cyclic esters (lactones) is 1. The highest BCUT2D eigenvalue weighted by molar-refractivity contribution is 5.98. The van der Waals surface area contributed by atoms with Crippen LogP contribution in [0.5, 0.6) is 28.7 Å². The predicted octanol–water partition coefficient (Wildman–Crippen LogP) is 3.04. The average Bonchev–Trinajstić information content (AvgIpc) is 3.49. The molecule has 0 saturated carbocycles. The standard InChI is InChI=1S/C27H33NO9/c1-14(2)34-12-16(29)11-28-9-8-15-10-19-25(36-13-35-19)26(33-5)20(15)22(28)23-17-6-7-18(31-3)24(32-4)21(17)27(30)37-23/h6-7,10,14,16,22-23,29H,8-9,11-13H2,1-5H3/t16?,22-,23+/m1/s1. The van der Waals surface area contributed by atoms with Gasteiger partial charge in [-0.1, -0.05) is 6.07 Å². The van der Waals surface area contributed by atoms with Gasteiger partial charge in [0.25, 0.3) is 0 Å². The summed E-state index contributed by atoms with van der Waals surface area (Å²) in [6.07, 6.45) is -0.740. The first-order chi connectivity index (χ1) is 17.9. The van der Waals surface area contributed by atoms with Gasteiger partial charge in [0, 0.05) is 24.2 Å². The number of rotatable bonds is 9. The molecule has 200 valence electrons. The number of fused-ring (bicyclic) bond motifs is 3. The van der Waals surface area contributed by atoms with Gasteiger partial charge in [-0.25, -0.2) is 4.79 Å². The second-order valence-electron chi connectivity index (χ2n) is 9.53. The molecule has 3 atom stereocenters. The van der Waals surface area contributed by atoms with Gasteiger partial charge in [-0.2, -0.15) is 0 Å². The van der Waals surface area contributed by atoms with E-state index in [9.17, 15) is 9.90 Å². The van der Waals surface area contributed by atoms with Crippen LogP contribution in [0.15, 0.2) is 18.2 Å². The minimum Gasteiger partial charge on any atom is -0.493 e. The molecule has 10 heteroatoms. The Hall–Kier alpha value is -3.21. The molecule has 3 heterocycles. The number of hydrogen-bond donors (Lipinski definition) is 1. The van der Waals surface area contributed by atoms with Crippen LogP contribution in [0.3, 0.4) is 0 Å². The fourth-order valence-electron chi connectivity index (χ4n) is 5.43. The zero-order valence-electron chi connectivity index (χ0n) is 21.7. The number of methoxy groups -OCH3 is 3. The van der Waals surface area contributed by atoms with E-state index in [1.807, 2.05) is 26.0 Å². The molecule has 0 amide bonds. The monoisotopic (exact) mass is 515 g/mol. The molecule has 0 aromatic heterocycles. The topological polar surface area (TPSA) is 105 Å². The second-order valence-corrected chi connectivity index (χ2v) is 9.53. The van der Waals surface area contributed by atoms with Crippen LogP contribution in [-0.4, -0.2) is 76.0 Å². The van der Waals surface area contributed by atoms with Crippen molar-refractivity contribution in [3.05, 3.63) is 40.5 Å². The summed E-state index contributed by atoms with van der Waals surface area (Å²) in [6, 6.07) is 5.10. The smallest absolute Gasteiger partial charge is 0.343 e.